The number of hydrogen-bond acceptors (Lipinski definition) is 3. The molecule has 2 rings (SSSR count). The van der Waals surface area contributed by atoms with Crippen LogP contribution in [0.1, 0.15) is 39.0 Å². The Morgan fingerprint density at radius 1 is 1.28 bits per heavy atom. The first-order valence-corrected chi connectivity index (χ1v) is 7.37. The zero-order chi connectivity index (χ0) is 13.1. The normalized spacial score (nSPS) is 27.8. The van der Waals surface area contributed by atoms with Gasteiger partial charge in [0.05, 0.1) is 6.54 Å². The first-order chi connectivity index (χ1) is 8.67. The van der Waals surface area contributed by atoms with E-state index in [2.05, 4.69) is 18.9 Å². The van der Waals surface area contributed by atoms with E-state index >= 15 is 0 Å². The molecule has 2 N–H and O–H groups in total. The summed E-state index contributed by atoms with van der Waals surface area (Å²) in [7, 11) is 2.08. The summed E-state index contributed by atoms with van der Waals surface area (Å²) in [6.45, 7) is 4.24. The average Bonchev–Trinajstić information content (AvgIpc) is 3.06. The summed E-state index contributed by atoms with van der Waals surface area (Å²) in [6, 6.07) is 1.04. The van der Waals surface area contributed by atoms with Crippen LogP contribution < -0.4 is 5.73 Å². The first-order valence-electron chi connectivity index (χ1n) is 7.37. The van der Waals surface area contributed by atoms with Crippen LogP contribution in [0.25, 0.3) is 0 Å². The summed E-state index contributed by atoms with van der Waals surface area (Å²) < 4.78 is 0. The molecule has 104 valence electrons. The van der Waals surface area contributed by atoms with Crippen LogP contribution in [0.3, 0.4) is 0 Å². The Labute approximate surface area is 110 Å². The molecule has 0 aliphatic heterocycles. The summed E-state index contributed by atoms with van der Waals surface area (Å²) >= 11 is 0. The van der Waals surface area contributed by atoms with Crippen molar-refractivity contribution in [3.8, 4) is 0 Å². The predicted octanol–water partition coefficient (Wildman–Crippen LogP) is 1.06. The molecule has 2 aliphatic carbocycles. The highest BCUT2D eigenvalue weighted by atomic mass is 16.2. The van der Waals surface area contributed by atoms with Gasteiger partial charge in [0.25, 0.3) is 0 Å². The summed E-state index contributed by atoms with van der Waals surface area (Å²) in [6.07, 6.45) is 6.06. The number of rotatable bonds is 6. The van der Waals surface area contributed by atoms with E-state index in [1.165, 1.54) is 32.1 Å². The number of nitrogens with two attached hydrogens (primary N) is 1. The molecule has 2 fully saturated rings. The molecule has 0 bridgehead atoms. The van der Waals surface area contributed by atoms with E-state index in [-0.39, 0.29) is 0 Å². The van der Waals surface area contributed by atoms with Gasteiger partial charge in [-0.1, -0.05) is 6.42 Å². The number of amides is 1. The number of carbonyl (C=O) groups is 1. The second-order valence-corrected chi connectivity index (χ2v) is 5.82. The zero-order valence-electron chi connectivity index (χ0n) is 11.8. The topological polar surface area (TPSA) is 49.6 Å². The molecule has 2 saturated carbocycles. The predicted molar refractivity (Wildman–Crippen MR) is 73.2 cm³/mol. The SMILES string of the molecule is CCN(C(=O)CN(C)C1CCCC1CN)C1CC1. The van der Waals surface area contributed by atoms with Crippen molar-refractivity contribution >= 4 is 5.91 Å². The van der Waals surface area contributed by atoms with Gasteiger partial charge in [-0.3, -0.25) is 9.69 Å². The Kier molecular flexibility index (Phi) is 4.62. The number of carbonyl (C=O) groups excluding carboxylic acids is 1. The molecule has 2 unspecified atom stereocenters. The number of nitrogens with zero attached hydrogens (tertiary/aromatic N) is 2. The van der Waals surface area contributed by atoms with E-state index in [1.54, 1.807) is 0 Å². The van der Waals surface area contributed by atoms with Gasteiger partial charge < -0.3 is 10.6 Å². The van der Waals surface area contributed by atoms with Gasteiger partial charge in [-0.2, -0.15) is 0 Å². The van der Waals surface area contributed by atoms with Crippen molar-refractivity contribution in [2.24, 2.45) is 11.7 Å². The van der Waals surface area contributed by atoms with Crippen LogP contribution in [0.5, 0.6) is 0 Å². The zero-order valence-corrected chi connectivity index (χ0v) is 11.8. The first kappa shape index (κ1) is 13.8. The Bertz CT molecular complexity index is 291. The van der Waals surface area contributed by atoms with E-state index in [0.29, 0.717) is 30.5 Å². The lowest BCUT2D eigenvalue weighted by Gasteiger charge is -2.31. The maximum atomic E-state index is 12.3. The third-order valence-corrected chi connectivity index (χ3v) is 4.52. The van der Waals surface area contributed by atoms with E-state index < -0.39 is 0 Å². The van der Waals surface area contributed by atoms with Crippen LogP contribution in [-0.4, -0.2) is 54.5 Å². The Morgan fingerprint density at radius 3 is 2.56 bits per heavy atom. The van der Waals surface area contributed by atoms with Gasteiger partial charge in [-0.15, -0.1) is 0 Å². The quantitative estimate of drug-likeness (QED) is 0.770. The molecule has 0 heterocycles. The van der Waals surface area contributed by atoms with Crippen molar-refractivity contribution < 1.29 is 4.79 Å². The highest BCUT2D eigenvalue weighted by Gasteiger charge is 2.34. The average molecular weight is 253 g/mol. The highest BCUT2D eigenvalue weighted by Crippen LogP contribution is 2.29. The van der Waals surface area contributed by atoms with Gasteiger partial charge in [-0.25, -0.2) is 0 Å². The van der Waals surface area contributed by atoms with Crippen LogP contribution in [0.4, 0.5) is 0 Å². The molecule has 0 aromatic heterocycles. The van der Waals surface area contributed by atoms with Crippen LogP contribution >= 0.6 is 0 Å². The van der Waals surface area contributed by atoms with E-state index in [9.17, 15) is 4.79 Å². The Hall–Kier alpha value is -0.610. The van der Waals surface area contributed by atoms with Crippen molar-refractivity contribution in [2.45, 2.75) is 51.1 Å². The van der Waals surface area contributed by atoms with Crippen LogP contribution in [0.15, 0.2) is 0 Å². The lowest BCUT2D eigenvalue weighted by atomic mass is 10.0. The van der Waals surface area contributed by atoms with Gasteiger partial charge in [0.1, 0.15) is 0 Å². The minimum Gasteiger partial charge on any atom is -0.339 e. The minimum absolute atomic E-state index is 0.296. The molecular weight excluding hydrogens is 226 g/mol. The van der Waals surface area contributed by atoms with Crippen molar-refractivity contribution in [3.63, 3.8) is 0 Å². The molecule has 4 nitrogen and oxygen atoms in total. The second kappa shape index (κ2) is 6.02. The van der Waals surface area contributed by atoms with E-state index in [0.717, 1.165) is 13.1 Å². The molecular formula is C14H27N3O. The molecule has 1 amide bonds. The summed E-state index contributed by atoms with van der Waals surface area (Å²) in [4.78, 5) is 16.5. The fraction of sp³-hybridized carbons (Fsp3) is 0.929. The molecule has 0 spiro atoms. The Morgan fingerprint density at radius 2 is 2.00 bits per heavy atom. The molecule has 2 atom stereocenters. The summed E-state index contributed by atoms with van der Waals surface area (Å²) in [5.74, 6) is 0.879. The summed E-state index contributed by atoms with van der Waals surface area (Å²) in [5, 5.41) is 0. The minimum atomic E-state index is 0.296. The van der Waals surface area contributed by atoms with Gasteiger partial charge in [-0.05, 0) is 52.1 Å². The maximum absolute atomic E-state index is 12.3. The molecule has 4 heteroatoms. The fourth-order valence-electron chi connectivity index (χ4n) is 3.32. The van der Waals surface area contributed by atoms with Gasteiger partial charge in [0.2, 0.25) is 5.91 Å². The van der Waals surface area contributed by atoms with Crippen molar-refractivity contribution in [1.29, 1.82) is 0 Å². The van der Waals surface area contributed by atoms with Crippen molar-refractivity contribution in [3.05, 3.63) is 0 Å². The number of likely N-dealkylation sites (N-methyl/N-ethyl adjacent to an activating group) is 2. The monoisotopic (exact) mass is 253 g/mol. The molecule has 0 aromatic carbocycles. The molecule has 0 aromatic rings. The highest BCUT2D eigenvalue weighted by molar-refractivity contribution is 5.78. The van der Waals surface area contributed by atoms with Crippen LogP contribution in [-0.2, 0) is 4.79 Å². The fourth-order valence-corrected chi connectivity index (χ4v) is 3.32. The molecule has 0 saturated heterocycles. The lowest BCUT2D eigenvalue weighted by Crippen LogP contribution is -2.45. The molecule has 2 aliphatic rings. The second-order valence-electron chi connectivity index (χ2n) is 5.82. The van der Waals surface area contributed by atoms with Gasteiger partial charge in [0.15, 0.2) is 0 Å². The van der Waals surface area contributed by atoms with Crippen molar-refractivity contribution in [2.75, 3.05) is 26.7 Å². The number of hydrogen-bond donors (Lipinski definition) is 1. The maximum Gasteiger partial charge on any atom is 0.236 e. The van der Waals surface area contributed by atoms with E-state index in [4.69, 9.17) is 5.73 Å². The lowest BCUT2D eigenvalue weighted by molar-refractivity contribution is -0.133. The standard InChI is InChI=1S/C14H27N3O/c1-3-17(12-7-8-12)14(18)10-16(2)13-6-4-5-11(13)9-15/h11-13H,3-10,15H2,1-2H3. The van der Waals surface area contributed by atoms with Crippen LogP contribution in [0, 0.1) is 5.92 Å². The Balaban J connectivity index is 1.85. The van der Waals surface area contributed by atoms with Crippen molar-refractivity contribution in [1.82, 2.24) is 9.80 Å². The van der Waals surface area contributed by atoms with Crippen LogP contribution in [0.2, 0.25) is 0 Å². The van der Waals surface area contributed by atoms with Gasteiger partial charge >= 0.3 is 0 Å². The van der Waals surface area contributed by atoms with E-state index in [1.807, 2.05) is 4.90 Å². The molecule has 18 heavy (non-hydrogen) atoms. The van der Waals surface area contributed by atoms with Gasteiger partial charge in [0, 0.05) is 18.6 Å². The largest absolute Gasteiger partial charge is 0.339 e. The third kappa shape index (κ3) is 3.04. The smallest absolute Gasteiger partial charge is 0.236 e. The summed E-state index contributed by atoms with van der Waals surface area (Å²) in [5.41, 5.74) is 5.81. The third-order valence-electron chi connectivity index (χ3n) is 4.52. The molecule has 0 radical (unpaired) electrons.